The third kappa shape index (κ3) is 3.07. The molecule has 4 rings (SSSR count). The van der Waals surface area contributed by atoms with Gasteiger partial charge in [0.15, 0.2) is 0 Å². The number of nitrogens with one attached hydrogen (secondary N) is 1. The molecule has 1 aromatic carbocycles. The second-order valence-electron chi connectivity index (χ2n) is 6.33. The highest BCUT2D eigenvalue weighted by molar-refractivity contribution is 5.72. The molecule has 0 aliphatic carbocycles. The zero-order valence-corrected chi connectivity index (χ0v) is 14.5. The van der Waals surface area contributed by atoms with E-state index in [0.717, 1.165) is 5.56 Å². The van der Waals surface area contributed by atoms with Gasteiger partial charge in [-0.15, -0.1) is 10.2 Å². The summed E-state index contributed by atoms with van der Waals surface area (Å²) in [5.41, 5.74) is 0.574. The van der Waals surface area contributed by atoms with Gasteiger partial charge in [0.25, 0.3) is 5.56 Å². The molecule has 2 aromatic heterocycles. The van der Waals surface area contributed by atoms with Crippen molar-refractivity contribution >= 4 is 11.7 Å². The molecule has 0 bridgehead atoms. The molecule has 1 aliphatic rings. The minimum Gasteiger partial charge on any atom is -0.480 e. The topological polar surface area (TPSA) is 123 Å². The Morgan fingerprint density at radius 2 is 2.11 bits per heavy atom. The van der Waals surface area contributed by atoms with Crippen LogP contribution >= 0.6 is 0 Å². The second-order valence-corrected chi connectivity index (χ2v) is 6.33. The number of benzene rings is 1. The maximum atomic E-state index is 12.7. The molecular weight excluding hydrogens is 350 g/mol. The molecule has 3 aromatic rings. The molecule has 0 radical (unpaired) electrons. The fourth-order valence-corrected chi connectivity index (χ4v) is 3.14. The largest absolute Gasteiger partial charge is 0.480 e. The van der Waals surface area contributed by atoms with Gasteiger partial charge in [-0.3, -0.25) is 9.36 Å². The van der Waals surface area contributed by atoms with Gasteiger partial charge in [0.05, 0.1) is 6.20 Å². The molecule has 0 fully saturated rings. The monoisotopic (exact) mass is 367 g/mol. The lowest BCUT2D eigenvalue weighted by molar-refractivity contribution is -0.140. The van der Waals surface area contributed by atoms with E-state index in [1.165, 1.54) is 10.8 Å². The summed E-state index contributed by atoms with van der Waals surface area (Å²) in [6.45, 7) is 1.77. The first-order valence-electron chi connectivity index (χ1n) is 8.53. The van der Waals surface area contributed by atoms with Crippen molar-refractivity contribution in [3.8, 4) is 11.5 Å². The Labute approximate surface area is 153 Å². The smallest absolute Gasteiger partial charge is 0.326 e. The molecule has 0 saturated carbocycles. The molecule has 9 heteroatoms. The first-order valence-corrected chi connectivity index (χ1v) is 8.53. The van der Waals surface area contributed by atoms with Crippen LogP contribution in [0.25, 0.3) is 11.5 Å². The lowest BCUT2D eigenvalue weighted by atomic mass is 10.2. The predicted octanol–water partition coefficient (Wildman–Crippen LogP) is 2.04. The number of aliphatic carboxylic acids is 1. The van der Waals surface area contributed by atoms with Crippen LogP contribution in [0.15, 0.2) is 45.7 Å². The fourth-order valence-electron chi connectivity index (χ4n) is 3.14. The van der Waals surface area contributed by atoms with Crippen molar-refractivity contribution in [2.45, 2.75) is 31.8 Å². The van der Waals surface area contributed by atoms with Crippen LogP contribution in [0.3, 0.4) is 0 Å². The van der Waals surface area contributed by atoms with Crippen molar-refractivity contribution in [1.82, 2.24) is 19.7 Å². The summed E-state index contributed by atoms with van der Waals surface area (Å²) in [6, 6.07) is 8.02. The maximum Gasteiger partial charge on any atom is 0.326 e. The van der Waals surface area contributed by atoms with Crippen molar-refractivity contribution in [2.75, 3.05) is 5.32 Å². The van der Waals surface area contributed by atoms with Crippen molar-refractivity contribution in [3.05, 3.63) is 58.6 Å². The summed E-state index contributed by atoms with van der Waals surface area (Å²) in [5.74, 6) is 0.143. The number of aryl methyl sites for hydroxylation is 1. The number of fused-ring (bicyclic) bond motifs is 1. The number of carboxylic acid groups (broad SMARTS) is 1. The average Bonchev–Trinajstić information content (AvgIpc) is 3.32. The highest BCUT2D eigenvalue weighted by atomic mass is 16.4. The summed E-state index contributed by atoms with van der Waals surface area (Å²) < 4.78 is 6.92. The number of nitrogens with zero attached hydrogens (tertiary/aromatic N) is 4. The first-order chi connectivity index (χ1) is 13.0. The third-order valence-electron chi connectivity index (χ3n) is 4.51. The lowest BCUT2D eigenvalue weighted by Crippen LogP contribution is -2.30. The van der Waals surface area contributed by atoms with Crippen molar-refractivity contribution in [2.24, 2.45) is 0 Å². The molecular formula is C18H17N5O4. The van der Waals surface area contributed by atoms with Gasteiger partial charge in [-0.05, 0) is 25.5 Å². The molecule has 3 heterocycles. The van der Waals surface area contributed by atoms with E-state index in [4.69, 9.17) is 4.42 Å². The van der Waals surface area contributed by atoms with Crippen molar-refractivity contribution in [3.63, 3.8) is 0 Å². The van der Waals surface area contributed by atoms with Crippen LogP contribution in [0.5, 0.6) is 0 Å². The Morgan fingerprint density at radius 3 is 2.85 bits per heavy atom. The molecule has 138 valence electrons. The SMILES string of the molecule is CC(Nc1cnc2n(c1=O)[C@H](C(=O)O)CC2)c1nnc(-c2ccccc2)o1. The highest BCUT2D eigenvalue weighted by Crippen LogP contribution is 2.25. The van der Waals surface area contributed by atoms with Gasteiger partial charge in [-0.2, -0.15) is 0 Å². The third-order valence-corrected chi connectivity index (χ3v) is 4.51. The zero-order valence-electron chi connectivity index (χ0n) is 14.5. The van der Waals surface area contributed by atoms with Crippen LogP contribution in [-0.4, -0.2) is 30.8 Å². The Balaban J connectivity index is 1.59. The van der Waals surface area contributed by atoms with Gasteiger partial charge in [0.1, 0.15) is 23.6 Å². The summed E-state index contributed by atoms with van der Waals surface area (Å²) in [4.78, 5) is 28.3. The summed E-state index contributed by atoms with van der Waals surface area (Å²) in [6.07, 6.45) is 2.25. The van der Waals surface area contributed by atoms with Gasteiger partial charge >= 0.3 is 5.97 Å². The molecule has 27 heavy (non-hydrogen) atoms. The minimum absolute atomic E-state index is 0.193. The van der Waals surface area contributed by atoms with Gasteiger partial charge in [0.2, 0.25) is 11.8 Å². The number of carbonyl (C=O) groups is 1. The predicted molar refractivity (Wildman–Crippen MR) is 95.3 cm³/mol. The minimum atomic E-state index is -1.03. The Hall–Kier alpha value is -3.49. The second kappa shape index (κ2) is 6.67. The van der Waals surface area contributed by atoms with Gasteiger partial charge < -0.3 is 14.8 Å². The van der Waals surface area contributed by atoms with E-state index in [-0.39, 0.29) is 5.69 Å². The van der Waals surface area contributed by atoms with Crippen molar-refractivity contribution in [1.29, 1.82) is 0 Å². The van der Waals surface area contributed by atoms with Crippen LogP contribution in [0, 0.1) is 0 Å². The number of aromatic nitrogens is 4. The Morgan fingerprint density at radius 1 is 1.33 bits per heavy atom. The van der Waals surface area contributed by atoms with Crippen LogP contribution < -0.4 is 10.9 Å². The first kappa shape index (κ1) is 17.0. The van der Waals surface area contributed by atoms with Crippen LogP contribution in [0.2, 0.25) is 0 Å². The standard InChI is InChI=1S/C18H17N5O4/c1-10(15-21-22-16(27-15)11-5-3-2-4-6-11)20-12-9-19-14-8-7-13(18(25)26)23(14)17(12)24/h2-6,9-10,13,20H,7-8H2,1H3,(H,25,26)/t10?,13-/m0/s1. The van der Waals surface area contributed by atoms with Crippen molar-refractivity contribution < 1.29 is 14.3 Å². The number of hydrogen-bond acceptors (Lipinski definition) is 7. The summed E-state index contributed by atoms with van der Waals surface area (Å²) in [7, 11) is 0. The maximum absolute atomic E-state index is 12.7. The average molecular weight is 367 g/mol. The molecule has 2 atom stereocenters. The fraction of sp³-hybridized carbons (Fsp3) is 0.278. The Kier molecular flexibility index (Phi) is 4.19. The number of hydrogen-bond donors (Lipinski definition) is 2. The quantitative estimate of drug-likeness (QED) is 0.702. The number of rotatable bonds is 5. The van der Waals surface area contributed by atoms with E-state index in [0.29, 0.717) is 30.4 Å². The summed E-state index contributed by atoms with van der Waals surface area (Å²) >= 11 is 0. The van der Waals surface area contributed by atoms with E-state index < -0.39 is 23.6 Å². The molecule has 9 nitrogen and oxygen atoms in total. The van der Waals surface area contributed by atoms with E-state index in [1.807, 2.05) is 30.3 Å². The lowest BCUT2D eigenvalue weighted by Gasteiger charge is -2.14. The highest BCUT2D eigenvalue weighted by Gasteiger charge is 2.31. The molecule has 1 unspecified atom stereocenters. The Bertz CT molecular complexity index is 1040. The van der Waals surface area contributed by atoms with Crippen LogP contribution in [0.1, 0.15) is 37.1 Å². The zero-order chi connectivity index (χ0) is 19.0. The molecule has 1 aliphatic heterocycles. The van der Waals surface area contributed by atoms with Gasteiger partial charge in [-0.25, -0.2) is 9.78 Å². The molecule has 2 N–H and O–H groups in total. The summed E-state index contributed by atoms with van der Waals surface area (Å²) in [5, 5.41) is 20.4. The molecule has 0 saturated heterocycles. The normalized spacial score (nSPS) is 16.7. The number of anilines is 1. The van der Waals surface area contributed by atoms with E-state index in [9.17, 15) is 14.7 Å². The van der Waals surface area contributed by atoms with E-state index in [2.05, 4.69) is 20.5 Å². The number of carboxylic acids is 1. The van der Waals surface area contributed by atoms with Crippen LogP contribution in [0.4, 0.5) is 5.69 Å². The van der Waals surface area contributed by atoms with Gasteiger partial charge in [-0.1, -0.05) is 18.2 Å². The molecule has 0 amide bonds. The van der Waals surface area contributed by atoms with Gasteiger partial charge in [0, 0.05) is 12.0 Å². The molecule has 0 spiro atoms. The van der Waals surface area contributed by atoms with E-state index >= 15 is 0 Å². The van der Waals surface area contributed by atoms with Crippen LogP contribution in [-0.2, 0) is 11.2 Å². The van der Waals surface area contributed by atoms with E-state index in [1.54, 1.807) is 6.92 Å².